The molecule has 3 nitrogen and oxygen atoms in total. The number of aromatic carboxylic acids is 1. The van der Waals surface area contributed by atoms with Gasteiger partial charge in [0.05, 0.1) is 4.47 Å². The van der Waals surface area contributed by atoms with Crippen LogP contribution in [0.4, 0.5) is 0 Å². The van der Waals surface area contributed by atoms with Crippen molar-refractivity contribution in [2.24, 2.45) is 0 Å². The van der Waals surface area contributed by atoms with Gasteiger partial charge in [-0.1, -0.05) is 28.6 Å². The average molecular weight is 336 g/mol. The van der Waals surface area contributed by atoms with Gasteiger partial charge in [-0.15, -0.1) is 0 Å². The van der Waals surface area contributed by atoms with Gasteiger partial charge in [-0.05, 0) is 28.1 Å². The summed E-state index contributed by atoms with van der Waals surface area (Å²) in [6.45, 7) is 3.76. The van der Waals surface area contributed by atoms with Crippen LogP contribution in [0.15, 0.2) is 33.7 Å². The highest BCUT2D eigenvalue weighted by Crippen LogP contribution is 2.32. The Bertz CT molecular complexity index is 402. The van der Waals surface area contributed by atoms with E-state index < -0.39 is 5.97 Å². The number of hydrogen-bond donors (Lipinski definition) is 1. The Morgan fingerprint density at radius 3 is 2.73 bits per heavy atom. The molecule has 1 N–H and O–H groups in total. The molecule has 1 rings (SSSR count). The van der Waals surface area contributed by atoms with Crippen LogP contribution in [0.2, 0.25) is 0 Å². The van der Waals surface area contributed by atoms with E-state index in [2.05, 4.69) is 38.4 Å². The monoisotopic (exact) mass is 334 g/mol. The summed E-state index contributed by atoms with van der Waals surface area (Å²) in [6.07, 6.45) is 1.56. The third-order valence-electron chi connectivity index (χ3n) is 1.58. The van der Waals surface area contributed by atoms with Crippen LogP contribution in [0.5, 0.6) is 5.75 Å². The Hall–Kier alpha value is -0.810. The Kier molecular flexibility index (Phi) is 4.35. The van der Waals surface area contributed by atoms with Crippen LogP contribution in [0, 0.1) is 0 Å². The SMILES string of the molecule is C=CCOc1c(Br)cc(Br)cc1C(=O)O. The van der Waals surface area contributed by atoms with Gasteiger partial charge < -0.3 is 9.84 Å². The van der Waals surface area contributed by atoms with E-state index in [-0.39, 0.29) is 12.2 Å². The molecule has 80 valence electrons. The summed E-state index contributed by atoms with van der Waals surface area (Å²) < 4.78 is 6.54. The van der Waals surface area contributed by atoms with Crippen LogP contribution >= 0.6 is 31.9 Å². The Morgan fingerprint density at radius 1 is 1.53 bits per heavy atom. The summed E-state index contributed by atoms with van der Waals surface area (Å²) in [5.74, 6) is -0.721. The lowest BCUT2D eigenvalue weighted by molar-refractivity contribution is 0.0692. The van der Waals surface area contributed by atoms with Crippen molar-refractivity contribution in [3.05, 3.63) is 39.3 Å². The molecule has 5 heteroatoms. The molecule has 0 unspecified atom stereocenters. The van der Waals surface area contributed by atoms with E-state index in [1.54, 1.807) is 12.1 Å². The molecule has 0 fully saturated rings. The fourth-order valence-electron chi connectivity index (χ4n) is 1.01. The summed E-state index contributed by atoms with van der Waals surface area (Å²) in [5, 5.41) is 8.97. The summed E-state index contributed by atoms with van der Waals surface area (Å²) >= 11 is 6.46. The Labute approximate surface area is 104 Å². The maximum atomic E-state index is 10.9. The van der Waals surface area contributed by atoms with Crippen LogP contribution < -0.4 is 4.74 Å². The van der Waals surface area contributed by atoms with E-state index >= 15 is 0 Å². The lowest BCUT2D eigenvalue weighted by Gasteiger charge is -2.09. The number of carbonyl (C=O) groups is 1. The minimum Gasteiger partial charge on any atom is -0.487 e. The molecule has 0 atom stereocenters. The number of carboxylic acid groups (broad SMARTS) is 1. The smallest absolute Gasteiger partial charge is 0.339 e. The fraction of sp³-hybridized carbons (Fsp3) is 0.100. The van der Waals surface area contributed by atoms with Crippen molar-refractivity contribution in [2.45, 2.75) is 0 Å². The molecule has 0 spiro atoms. The molecule has 0 amide bonds. The van der Waals surface area contributed by atoms with E-state index in [9.17, 15) is 4.79 Å². The van der Waals surface area contributed by atoms with Gasteiger partial charge in [0.1, 0.15) is 17.9 Å². The van der Waals surface area contributed by atoms with Crippen LogP contribution in [0.1, 0.15) is 10.4 Å². The van der Waals surface area contributed by atoms with Crippen molar-refractivity contribution in [2.75, 3.05) is 6.61 Å². The number of carboxylic acids is 1. The summed E-state index contributed by atoms with van der Waals surface area (Å²) in [6, 6.07) is 3.22. The highest BCUT2D eigenvalue weighted by molar-refractivity contribution is 9.11. The fourth-order valence-corrected chi connectivity index (χ4v) is 2.35. The number of ether oxygens (including phenoxy) is 1. The zero-order chi connectivity index (χ0) is 11.4. The van der Waals surface area contributed by atoms with Crippen molar-refractivity contribution < 1.29 is 14.6 Å². The van der Waals surface area contributed by atoms with E-state index in [1.165, 1.54) is 6.07 Å². The van der Waals surface area contributed by atoms with Gasteiger partial charge in [-0.25, -0.2) is 4.79 Å². The molecule has 1 aromatic rings. The van der Waals surface area contributed by atoms with Gasteiger partial charge >= 0.3 is 5.97 Å². The molecule has 0 bridgehead atoms. The van der Waals surface area contributed by atoms with Crippen molar-refractivity contribution >= 4 is 37.8 Å². The third-order valence-corrected chi connectivity index (χ3v) is 2.63. The molecule has 0 aliphatic carbocycles. The minimum absolute atomic E-state index is 0.109. The zero-order valence-corrected chi connectivity index (χ0v) is 10.8. The van der Waals surface area contributed by atoms with E-state index in [0.717, 1.165) is 0 Å². The van der Waals surface area contributed by atoms with Gasteiger partial charge in [0.15, 0.2) is 0 Å². The topological polar surface area (TPSA) is 46.5 Å². The highest BCUT2D eigenvalue weighted by atomic mass is 79.9. The van der Waals surface area contributed by atoms with Crippen LogP contribution in [-0.2, 0) is 0 Å². The molecule has 1 aromatic carbocycles. The number of hydrogen-bond acceptors (Lipinski definition) is 2. The highest BCUT2D eigenvalue weighted by Gasteiger charge is 2.15. The minimum atomic E-state index is -1.03. The molecular formula is C10H8Br2O3. The third kappa shape index (κ3) is 3.07. The first kappa shape index (κ1) is 12.3. The standard InChI is InChI=1S/C10H8Br2O3/c1-2-3-15-9-7(10(13)14)4-6(11)5-8(9)12/h2,4-5H,1,3H2,(H,13,14). The second-order valence-corrected chi connectivity index (χ2v) is 4.44. The van der Waals surface area contributed by atoms with Crippen molar-refractivity contribution in [3.8, 4) is 5.75 Å². The molecule has 0 saturated carbocycles. The molecule has 15 heavy (non-hydrogen) atoms. The number of halogens is 2. The molecule has 0 saturated heterocycles. The number of benzene rings is 1. The first-order chi connectivity index (χ1) is 7.06. The zero-order valence-electron chi connectivity index (χ0n) is 7.67. The van der Waals surface area contributed by atoms with Crippen molar-refractivity contribution in [3.63, 3.8) is 0 Å². The van der Waals surface area contributed by atoms with Crippen molar-refractivity contribution in [1.82, 2.24) is 0 Å². The first-order valence-electron chi connectivity index (χ1n) is 4.02. The van der Waals surface area contributed by atoms with E-state index in [0.29, 0.717) is 14.7 Å². The van der Waals surface area contributed by atoms with E-state index in [1.807, 2.05) is 0 Å². The predicted molar refractivity (Wildman–Crippen MR) is 64.5 cm³/mol. The summed E-state index contributed by atoms with van der Waals surface area (Å²) in [4.78, 5) is 10.9. The molecule has 0 heterocycles. The molecular weight excluding hydrogens is 328 g/mol. The van der Waals surface area contributed by atoms with Gasteiger partial charge in [0.2, 0.25) is 0 Å². The Balaban J connectivity index is 3.20. The van der Waals surface area contributed by atoms with Gasteiger partial charge in [-0.2, -0.15) is 0 Å². The molecule has 0 radical (unpaired) electrons. The van der Waals surface area contributed by atoms with Crippen molar-refractivity contribution in [1.29, 1.82) is 0 Å². The first-order valence-corrected chi connectivity index (χ1v) is 5.61. The summed E-state index contributed by atoms with van der Waals surface area (Å²) in [5.41, 5.74) is 0.109. The Morgan fingerprint density at radius 2 is 2.20 bits per heavy atom. The normalized spacial score (nSPS) is 9.73. The maximum Gasteiger partial charge on any atom is 0.339 e. The number of rotatable bonds is 4. The second-order valence-electron chi connectivity index (χ2n) is 2.67. The maximum absolute atomic E-state index is 10.9. The predicted octanol–water partition coefficient (Wildman–Crippen LogP) is 3.47. The van der Waals surface area contributed by atoms with E-state index in [4.69, 9.17) is 9.84 Å². The molecule has 0 aliphatic rings. The lowest BCUT2D eigenvalue weighted by atomic mass is 10.2. The molecule has 0 aliphatic heterocycles. The van der Waals surface area contributed by atoms with Crippen LogP contribution in [0.3, 0.4) is 0 Å². The quantitative estimate of drug-likeness (QED) is 0.857. The van der Waals surface area contributed by atoms with Gasteiger partial charge in [0.25, 0.3) is 0 Å². The van der Waals surface area contributed by atoms with Gasteiger partial charge in [-0.3, -0.25) is 0 Å². The largest absolute Gasteiger partial charge is 0.487 e. The second kappa shape index (κ2) is 5.32. The van der Waals surface area contributed by atoms with Crippen LogP contribution in [0.25, 0.3) is 0 Å². The lowest BCUT2D eigenvalue weighted by Crippen LogP contribution is -2.04. The van der Waals surface area contributed by atoms with Crippen LogP contribution in [-0.4, -0.2) is 17.7 Å². The average Bonchev–Trinajstić information content (AvgIpc) is 2.15. The van der Waals surface area contributed by atoms with Gasteiger partial charge in [0, 0.05) is 4.47 Å². The summed E-state index contributed by atoms with van der Waals surface area (Å²) in [7, 11) is 0. The molecule has 0 aromatic heterocycles.